The van der Waals surface area contributed by atoms with Gasteiger partial charge in [0.15, 0.2) is 0 Å². The maximum Gasteiger partial charge on any atom is 0.312 e. The third-order valence-corrected chi connectivity index (χ3v) is 3.27. The minimum atomic E-state index is -0.404. The molecule has 17 heavy (non-hydrogen) atoms. The van der Waals surface area contributed by atoms with E-state index in [1.54, 1.807) is 18.5 Å². The van der Waals surface area contributed by atoms with E-state index < -0.39 is 4.92 Å². The molecule has 1 heterocycles. The van der Waals surface area contributed by atoms with Crippen molar-refractivity contribution >= 4 is 11.5 Å². The van der Waals surface area contributed by atoms with Crippen molar-refractivity contribution < 1.29 is 9.72 Å². The van der Waals surface area contributed by atoms with Crippen LogP contribution >= 0.6 is 0 Å². The summed E-state index contributed by atoms with van der Waals surface area (Å²) >= 11 is 0. The van der Waals surface area contributed by atoms with E-state index in [2.05, 4.69) is 5.10 Å². The first-order valence-corrected chi connectivity index (χ1v) is 5.72. The van der Waals surface area contributed by atoms with Crippen LogP contribution in [-0.2, 0) is 4.79 Å². The first kappa shape index (κ1) is 11.8. The van der Waals surface area contributed by atoms with Gasteiger partial charge in [-0.3, -0.25) is 19.6 Å². The molecule has 0 N–H and O–H groups in total. The molecular weight excluding hydrogens is 222 g/mol. The van der Waals surface area contributed by atoms with E-state index in [9.17, 15) is 14.9 Å². The molecule has 1 aliphatic carbocycles. The van der Waals surface area contributed by atoms with Crippen LogP contribution in [0.15, 0.2) is 0 Å². The van der Waals surface area contributed by atoms with Crippen molar-refractivity contribution in [3.63, 3.8) is 0 Å². The zero-order valence-corrected chi connectivity index (χ0v) is 9.97. The van der Waals surface area contributed by atoms with Crippen LogP contribution in [0.1, 0.15) is 43.1 Å². The summed E-state index contributed by atoms with van der Waals surface area (Å²) in [5.74, 6) is 0.219. The lowest BCUT2D eigenvalue weighted by molar-refractivity contribution is -0.386. The van der Waals surface area contributed by atoms with Gasteiger partial charge in [0.2, 0.25) is 0 Å². The van der Waals surface area contributed by atoms with Crippen molar-refractivity contribution in [3.05, 3.63) is 21.5 Å². The van der Waals surface area contributed by atoms with Gasteiger partial charge in [0.25, 0.3) is 0 Å². The molecule has 1 aromatic rings. The molecule has 6 heteroatoms. The molecule has 1 fully saturated rings. The maximum atomic E-state index is 11.4. The third kappa shape index (κ3) is 2.07. The van der Waals surface area contributed by atoms with Crippen LogP contribution in [0, 0.1) is 24.0 Å². The summed E-state index contributed by atoms with van der Waals surface area (Å²) in [6, 6.07) is -0.0105. The first-order chi connectivity index (χ1) is 8.00. The number of aryl methyl sites for hydroxylation is 1. The van der Waals surface area contributed by atoms with Crippen molar-refractivity contribution in [2.75, 3.05) is 0 Å². The van der Waals surface area contributed by atoms with E-state index in [1.165, 1.54) is 0 Å². The van der Waals surface area contributed by atoms with Gasteiger partial charge in [-0.05, 0) is 26.7 Å². The maximum absolute atomic E-state index is 11.4. The monoisotopic (exact) mass is 237 g/mol. The van der Waals surface area contributed by atoms with Crippen LogP contribution < -0.4 is 0 Å². The second-order valence-electron chi connectivity index (χ2n) is 4.51. The van der Waals surface area contributed by atoms with E-state index in [-0.39, 0.29) is 17.5 Å². The number of nitro groups is 1. The molecule has 2 rings (SSSR count). The summed E-state index contributed by atoms with van der Waals surface area (Å²) in [5.41, 5.74) is 1.04. The van der Waals surface area contributed by atoms with Gasteiger partial charge in [0.1, 0.15) is 17.2 Å². The van der Waals surface area contributed by atoms with Gasteiger partial charge in [-0.15, -0.1) is 0 Å². The number of hydrogen-bond acceptors (Lipinski definition) is 4. The Labute approximate surface area is 98.8 Å². The topological polar surface area (TPSA) is 78.0 Å². The summed E-state index contributed by atoms with van der Waals surface area (Å²) in [7, 11) is 0. The summed E-state index contributed by atoms with van der Waals surface area (Å²) < 4.78 is 1.66. The largest absolute Gasteiger partial charge is 0.312 e. The average Bonchev–Trinajstić information content (AvgIpc) is 2.54. The Morgan fingerprint density at radius 2 is 2.18 bits per heavy atom. The van der Waals surface area contributed by atoms with Crippen molar-refractivity contribution in [2.24, 2.45) is 0 Å². The molecule has 1 aliphatic rings. The molecule has 0 aromatic carbocycles. The lowest BCUT2D eigenvalue weighted by Crippen LogP contribution is -2.20. The van der Waals surface area contributed by atoms with Crippen LogP contribution in [0.5, 0.6) is 0 Å². The smallest absolute Gasteiger partial charge is 0.300 e. The fourth-order valence-electron chi connectivity index (χ4n) is 2.48. The highest BCUT2D eigenvalue weighted by molar-refractivity contribution is 5.79. The Hall–Kier alpha value is -1.72. The van der Waals surface area contributed by atoms with Crippen LogP contribution in [-0.4, -0.2) is 20.5 Å². The number of hydrogen-bond donors (Lipinski definition) is 0. The Morgan fingerprint density at radius 1 is 1.47 bits per heavy atom. The fourth-order valence-corrected chi connectivity index (χ4v) is 2.48. The number of aromatic nitrogens is 2. The van der Waals surface area contributed by atoms with Gasteiger partial charge in [0, 0.05) is 12.8 Å². The molecule has 0 saturated heterocycles. The number of carbonyl (C=O) groups is 1. The number of carbonyl (C=O) groups excluding carboxylic acids is 1. The Kier molecular flexibility index (Phi) is 2.95. The summed E-state index contributed by atoms with van der Waals surface area (Å²) in [4.78, 5) is 21.9. The van der Waals surface area contributed by atoms with Gasteiger partial charge >= 0.3 is 5.69 Å². The predicted molar refractivity (Wildman–Crippen MR) is 60.9 cm³/mol. The minimum absolute atomic E-state index is 0.0105. The van der Waals surface area contributed by atoms with Crippen LogP contribution in [0.3, 0.4) is 0 Å². The van der Waals surface area contributed by atoms with E-state index in [0.717, 1.165) is 12.8 Å². The van der Waals surface area contributed by atoms with Crippen LogP contribution in [0.25, 0.3) is 0 Å². The third-order valence-electron chi connectivity index (χ3n) is 3.27. The van der Waals surface area contributed by atoms with Crippen molar-refractivity contribution in [1.29, 1.82) is 0 Å². The lowest BCUT2D eigenvalue weighted by atomic mass is 9.94. The van der Waals surface area contributed by atoms with E-state index >= 15 is 0 Å². The molecule has 0 aliphatic heterocycles. The van der Waals surface area contributed by atoms with Gasteiger partial charge in [0.05, 0.1) is 11.0 Å². The van der Waals surface area contributed by atoms with E-state index in [4.69, 9.17) is 0 Å². The van der Waals surface area contributed by atoms with Crippen molar-refractivity contribution in [2.45, 2.75) is 45.6 Å². The van der Waals surface area contributed by atoms with Crippen molar-refractivity contribution in [3.8, 4) is 0 Å². The SMILES string of the molecule is Cc1nn(C2CCCC(=O)C2)c(C)c1[N+](=O)[O-]. The Bertz CT molecular complexity index is 479. The normalized spacial score (nSPS) is 20.6. The molecule has 0 bridgehead atoms. The highest BCUT2D eigenvalue weighted by Crippen LogP contribution is 2.31. The van der Waals surface area contributed by atoms with Gasteiger partial charge < -0.3 is 0 Å². The molecule has 0 radical (unpaired) electrons. The average molecular weight is 237 g/mol. The molecular formula is C11H15N3O3. The molecule has 92 valence electrons. The van der Waals surface area contributed by atoms with Crippen LogP contribution in [0.2, 0.25) is 0 Å². The summed E-state index contributed by atoms with van der Waals surface area (Å²) in [6.45, 7) is 3.32. The molecule has 0 spiro atoms. The van der Waals surface area contributed by atoms with E-state index in [1.807, 2.05) is 0 Å². The molecule has 1 unspecified atom stereocenters. The lowest BCUT2D eigenvalue weighted by Gasteiger charge is -2.21. The number of rotatable bonds is 2. The molecule has 1 saturated carbocycles. The number of Topliss-reactive ketones (excluding diaryl/α,β-unsaturated/α-hetero) is 1. The Balaban J connectivity index is 2.36. The standard InChI is InChI=1S/C11H15N3O3/c1-7-11(14(16)17)8(2)13(12-7)9-4-3-5-10(15)6-9/h9H,3-6H2,1-2H3. The molecule has 1 aromatic heterocycles. The second-order valence-corrected chi connectivity index (χ2v) is 4.51. The van der Waals surface area contributed by atoms with E-state index in [0.29, 0.717) is 24.2 Å². The number of ketones is 1. The molecule has 6 nitrogen and oxygen atoms in total. The van der Waals surface area contributed by atoms with Crippen LogP contribution in [0.4, 0.5) is 5.69 Å². The predicted octanol–water partition coefficient (Wildman–Crippen LogP) is 2.09. The zero-order valence-electron chi connectivity index (χ0n) is 9.97. The number of nitrogens with zero attached hydrogens (tertiary/aromatic N) is 3. The second kappa shape index (κ2) is 4.27. The highest BCUT2D eigenvalue weighted by atomic mass is 16.6. The summed E-state index contributed by atoms with van der Waals surface area (Å²) in [6.07, 6.45) is 2.78. The minimum Gasteiger partial charge on any atom is -0.300 e. The summed E-state index contributed by atoms with van der Waals surface area (Å²) in [5, 5.41) is 15.1. The fraction of sp³-hybridized carbons (Fsp3) is 0.636. The van der Waals surface area contributed by atoms with Crippen molar-refractivity contribution in [1.82, 2.24) is 9.78 Å². The Morgan fingerprint density at radius 3 is 2.71 bits per heavy atom. The molecule has 0 amide bonds. The highest BCUT2D eigenvalue weighted by Gasteiger charge is 2.28. The quantitative estimate of drug-likeness (QED) is 0.582. The first-order valence-electron chi connectivity index (χ1n) is 5.72. The zero-order chi connectivity index (χ0) is 12.6. The van der Waals surface area contributed by atoms with Gasteiger partial charge in [-0.25, -0.2) is 0 Å². The van der Waals surface area contributed by atoms with Gasteiger partial charge in [-0.2, -0.15) is 5.10 Å². The molecule has 1 atom stereocenters. The van der Waals surface area contributed by atoms with Gasteiger partial charge in [-0.1, -0.05) is 0 Å².